The number of hydrogen-bond acceptors (Lipinski definition) is 6. The van der Waals surface area contributed by atoms with Crippen LogP contribution in [0, 0.1) is 23.3 Å². The van der Waals surface area contributed by atoms with Gasteiger partial charge in [-0.3, -0.25) is 9.59 Å². The normalized spacial score (nSPS) is 10.8. The lowest BCUT2D eigenvalue weighted by atomic mass is 10.1. The molecular formula is C31H23ClF4N2O6. The Morgan fingerprint density at radius 2 is 1.30 bits per heavy atom. The highest BCUT2D eigenvalue weighted by Gasteiger charge is 2.19. The third kappa shape index (κ3) is 6.81. The maximum Gasteiger partial charge on any atom is 0.343 e. The highest BCUT2D eigenvalue weighted by molar-refractivity contribution is 6.30. The number of carbonyl (C=O) groups excluding carboxylic acids is 2. The van der Waals surface area contributed by atoms with Crippen molar-refractivity contribution < 1.29 is 36.6 Å². The van der Waals surface area contributed by atoms with Crippen molar-refractivity contribution in [1.29, 1.82) is 0 Å². The van der Waals surface area contributed by atoms with Crippen molar-refractivity contribution >= 4 is 45.3 Å². The molecule has 5 rings (SSSR count). The summed E-state index contributed by atoms with van der Waals surface area (Å²) in [6, 6.07) is 10.3. The average molecular weight is 631 g/mol. The lowest BCUT2D eigenvalue weighted by Gasteiger charge is -2.14. The van der Waals surface area contributed by atoms with E-state index in [1.807, 2.05) is 0 Å². The summed E-state index contributed by atoms with van der Waals surface area (Å²) in [5.41, 5.74) is -0.775. The predicted molar refractivity (Wildman–Crippen MR) is 155 cm³/mol. The molecule has 13 heteroatoms. The quantitative estimate of drug-likeness (QED) is 0.178. The number of rotatable bonds is 6. The fourth-order valence-electron chi connectivity index (χ4n) is 4.23. The zero-order valence-electron chi connectivity index (χ0n) is 23.2. The van der Waals surface area contributed by atoms with E-state index in [9.17, 15) is 36.7 Å². The summed E-state index contributed by atoms with van der Waals surface area (Å²) in [5.74, 6) is -6.06. The minimum atomic E-state index is -1.16. The summed E-state index contributed by atoms with van der Waals surface area (Å²) >= 11 is 5.87. The Balaban J connectivity index is 0.000000215. The number of fused-ring (bicyclic) bond motifs is 2. The summed E-state index contributed by atoms with van der Waals surface area (Å²) in [6.07, 6.45) is 2.43. The number of carbonyl (C=O) groups is 2. The smallest absolute Gasteiger partial charge is 0.343 e. The Labute approximate surface area is 251 Å². The highest BCUT2D eigenvalue weighted by Crippen LogP contribution is 2.20. The van der Waals surface area contributed by atoms with E-state index in [2.05, 4.69) is 9.72 Å². The van der Waals surface area contributed by atoms with Crippen LogP contribution in [0.2, 0.25) is 5.02 Å². The summed E-state index contributed by atoms with van der Waals surface area (Å²) in [5, 5.41) is 0.363. The zero-order valence-corrected chi connectivity index (χ0v) is 23.9. The van der Waals surface area contributed by atoms with E-state index in [0.29, 0.717) is 5.02 Å². The van der Waals surface area contributed by atoms with Gasteiger partial charge in [-0.05, 0) is 43.7 Å². The van der Waals surface area contributed by atoms with E-state index < -0.39 is 46.1 Å². The standard InChI is InChI=1S/C19H14ClF2NO3.C12H9F2NO3/c1-2-26-19(25)14-10-23(9-11-3-5-12(20)6-4-11)17-8-16(22)15(21)7-13(17)18(14)24;1-2-18-12(17)7-5-15-10-4-9(14)8(13)3-6(10)11(7)16/h3-8,10H,2,9H2,1H3;3-5H,2H2,1H3,(H,15,16). The van der Waals surface area contributed by atoms with Gasteiger partial charge in [-0.15, -0.1) is 0 Å². The second-order valence-corrected chi connectivity index (χ2v) is 9.63. The summed E-state index contributed by atoms with van der Waals surface area (Å²) < 4.78 is 64.5. The molecule has 1 N–H and O–H groups in total. The number of pyridine rings is 2. The lowest BCUT2D eigenvalue weighted by Crippen LogP contribution is -2.21. The van der Waals surface area contributed by atoms with Crippen molar-refractivity contribution in [2.45, 2.75) is 20.4 Å². The fourth-order valence-corrected chi connectivity index (χ4v) is 4.36. The van der Waals surface area contributed by atoms with E-state index in [1.54, 1.807) is 38.1 Å². The van der Waals surface area contributed by atoms with E-state index in [4.69, 9.17) is 16.3 Å². The molecule has 0 unspecified atom stereocenters. The minimum Gasteiger partial charge on any atom is -0.462 e. The molecule has 0 aliphatic carbocycles. The number of halogens is 5. The van der Waals surface area contributed by atoms with Gasteiger partial charge in [0.05, 0.1) is 24.2 Å². The van der Waals surface area contributed by atoms with Crippen LogP contribution in [0.15, 0.2) is 70.5 Å². The van der Waals surface area contributed by atoms with Crippen molar-refractivity contribution in [1.82, 2.24) is 9.55 Å². The molecular weight excluding hydrogens is 608 g/mol. The van der Waals surface area contributed by atoms with E-state index in [1.165, 1.54) is 10.8 Å². The van der Waals surface area contributed by atoms with Crippen LogP contribution >= 0.6 is 11.6 Å². The minimum absolute atomic E-state index is 0.0886. The van der Waals surface area contributed by atoms with Gasteiger partial charge < -0.3 is 19.0 Å². The Morgan fingerprint density at radius 3 is 1.91 bits per heavy atom. The molecule has 0 aliphatic heterocycles. The van der Waals surface area contributed by atoms with Crippen LogP contribution in [-0.4, -0.2) is 34.7 Å². The number of esters is 2. The first kappa shape index (κ1) is 32.0. The molecule has 0 saturated heterocycles. The van der Waals surface area contributed by atoms with Crippen molar-refractivity contribution in [2.24, 2.45) is 0 Å². The molecule has 0 fully saturated rings. The molecule has 0 atom stereocenters. The third-order valence-corrected chi connectivity index (χ3v) is 6.55. The molecule has 2 heterocycles. The van der Waals surface area contributed by atoms with Gasteiger partial charge in [0.25, 0.3) is 0 Å². The lowest BCUT2D eigenvalue weighted by molar-refractivity contribution is 0.0514. The van der Waals surface area contributed by atoms with Gasteiger partial charge in [-0.25, -0.2) is 27.2 Å². The van der Waals surface area contributed by atoms with Crippen molar-refractivity contribution in [3.8, 4) is 0 Å². The second-order valence-electron chi connectivity index (χ2n) is 9.19. The molecule has 0 aliphatic rings. The first-order chi connectivity index (χ1) is 20.9. The number of ether oxygens (including phenoxy) is 2. The molecule has 0 spiro atoms. The number of H-pyrrole nitrogens is 1. The Morgan fingerprint density at radius 1 is 0.773 bits per heavy atom. The molecule has 228 valence electrons. The van der Waals surface area contributed by atoms with E-state index in [-0.39, 0.29) is 52.7 Å². The second kappa shape index (κ2) is 13.6. The Bertz CT molecular complexity index is 2010. The maximum absolute atomic E-state index is 13.7. The summed E-state index contributed by atoms with van der Waals surface area (Å²) in [6.45, 7) is 3.65. The molecule has 0 amide bonds. The first-order valence-electron chi connectivity index (χ1n) is 13.1. The molecule has 0 bridgehead atoms. The number of benzene rings is 3. The number of nitrogens with zero attached hydrogens (tertiary/aromatic N) is 1. The van der Waals surface area contributed by atoms with Crippen molar-refractivity contribution in [3.63, 3.8) is 0 Å². The summed E-state index contributed by atoms with van der Waals surface area (Å²) in [7, 11) is 0. The van der Waals surface area contributed by atoms with Gasteiger partial charge in [0.15, 0.2) is 23.3 Å². The van der Waals surface area contributed by atoms with Crippen LogP contribution in [0.1, 0.15) is 40.1 Å². The monoisotopic (exact) mass is 630 g/mol. The molecule has 0 saturated carbocycles. The van der Waals surface area contributed by atoms with Crippen molar-refractivity contribution in [3.05, 3.63) is 126 Å². The van der Waals surface area contributed by atoms with E-state index in [0.717, 1.165) is 36.0 Å². The topological polar surface area (TPSA) is 107 Å². The van der Waals surface area contributed by atoms with Crippen LogP contribution in [0.4, 0.5) is 17.6 Å². The average Bonchev–Trinajstić information content (AvgIpc) is 2.98. The molecule has 5 aromatic rings. The fraction of sp³-hybridized carbons (Fsp3) is 0.161. The highest BCUT2D eigenvalue weighted by atomic mass is 35.5. The van der Waals surface area contributed by atoms with Gasteiger partial charge in [0, 0.05) is 46.9 Å². The van der Waals surface area contributed by atoms with Crippen LogP contribution in [0.3, 0.4) is 0 Å². The van der Waals surface area contributed by atoms with Gasteiger partial charge in [0.2, 0.25) is 10.9 Å². The van der Waals surface area contributed by atoms with Crippen LogP contribution in [-0.2, 0) is 16.0 Å². The largest absolute Gasteiger partial charge is 0.462 e. The van der Waals surface area contributed by atoms with Crippen LogP contribution in [0.5, 0.6) is 0 Å². The molecule has 8 nitrogen and oxygen atoms in total. The number of aromatic nitrogens is 2. The van der Waals surface area contributed by atoms with Gasteiger partial charge in [-0.1, -0.05) is 23.7 Å². The Kier molecular flexibility index (Phi) is 9.84. The van der Waals surface area contributed by atoms with Crippen LogP contribution in [0.25, 0.3) is 21.8 Å². The third-order valence-electron chi connectivity index (χ3n) is 6.30. The van der Waals surface area contributed by atoms with Gasteiger partial charge in [0.1, 0.15) is 11.1 Å². The van der Waals surface area contributed by atoms with Crippen molar-refractivity contribution in [2.75, 3.05) is 13.2 Å². The maximum atomic E-state index is 13.7. The number of nitrogens with one attached hydrogen (secondary N) is 1. The first-order valence-corrected chi connectivity index (χ1v) is 13.4. The van der Waals surface area contributed by atoms with Gasteiger partial charge >= 0.3 is 11.9 Å². The predicted octanol–water partition coefficient (Wildman–Crippen LogP) is 6.14. The molecule has 44 heavy (non-hydrogen) atoms. The molecule has 0 radical (unpaired) electrons. The molecule has 2 aromatic heterocycles. The van der Waals surface area contributed by atoms with Crippen LogP contribution < -0.4 is 10.9 Å². The Hall–Kier alpha value is -4.97. The number of aromatic amines is 1. The number of hydrogen-bond donors (Lipinski definition) is 1. The van der Waals surface area contributed by atoms with Gasteiger partial charge in [-0.2, -0.15) is 0 Å². The molecule has 3 aromatic carbocycles. The van der Waals surface area contributed by atoms with E-state index >= 15 is 0 Å². The zero-order chi connectivity index (χ0) is 32.1. The summed E-state index contributed by atoms with van der Waals surface area (Å²) in [4.78, 5) is 50.5. The SMILES string of the molecule is CCOC(=O)c1c[nH]c2cc(F)c(F)cc2c1=O.CCOC(=O)c1cn(Cc2ccc(Cl)cc2)c2cc(F)c(F)cc2c1=O.